The minimum Gasteiger partial charge on any atom is -0.359 e. The van der Waals surface area contributed by atoms with Gasteiger partial charge in [-0.15, -0.1) is 0 Å². The monoisotopic (exact) mass is 200 g/mol. The zero-order chi connectivity index (χ0) is 11.3. The Morgan fingerprint density at radius 1 is 1.33 bits per heavy atom. The van der Waals surface area contributed by atoms with Crippen LogP contribution in [-0.4, -0.2) is 5.78 Å². The molecule has 0 heterocycles. The van der Waals surface area contributed by atoms with Crippen LogP contribution in [0.5, 0.6) is 0 Å². The number of nitriles is 1. The van der Waals surface area contributed by atoms with Crippen LogP contribution in [0, 0.1) is 11.3 Å². The molecule has 0 aliphatic carbocycles. The second-order valence-electron chi connectivity index (χ2n) is 3.25. The molecular formula is C12H12N2O. The van der Waals surface area contributed by atoms with E-state index in [1.54, 1.807) is 24.3 Å². The van der Waals surface area contributed by atoms with E-state index in [0.717, 1.165) is 11.4 Å². The molecule has 0 radical (unpaired) electrons. The predicted molar refractivity (Wildman–Crippen MR) is 59.2 cm³/mol. The van der Waals surface area contributed by atoms with E-state index in [-0.39, 0.29) is 5.78 Å². The van der Waals surface area contributed by atoms with E-state index in [2.05, 4.69) is 5.32 Å². The molecule has 0 bridgehead atoms. The van der Waals surface area contributed by atoms with E-state index < -0.39 is 0 Å². The molecule has 0 spiro atoms. The van der Waals surface area contributed by atoms with Crippen molar-refractivity contribution in [3.05, 3.63) is 41.6 Å². The number of hydrogen-bond donors (Lipinski definition) is 1. The highest BCUT2D eigenvalue weighted by molar-refractivity contribution is 5.88. The highest BCUT2D eigenvalue weighted by Gasteiger charge is 1.95. The topological polar surface area (TPSA) is 52.9 Å². The number of nitrogens with one attached hydrogen (secondary N) is 1. The summed E-state index contributed by atoms with van der Waals surface area (Å²) in [6, 6.07) is 9.10. The number of carbonyl (C=O) groups excluding carboxylic acids is 1. The van der Waals surface area contributed by atoms with Crippen molar-refractivity contribution >= 4 is 11.5 Å². The standard InChI is InChI=1S/C12H12N2O/c1-9(7-10(2)15)14-12-5-3-11(8-13)4-6-12/h3-7,14H,1-2H3/b9-7-. The van der Waals surface area contributed by atoms with Gasteiger partial charge in [-0.3, -0.25) is 4.79 Å². The van der Waals surface area contributed by atoms with Gasteiger partial charge >= 0.3 is 0 Å². The summed E-state index contributed by atoms with van der Waals surface area (Å²) in [6.07, 6.45) is 1.53. The third-order valence-electron chi connectivity index (χ3n) is 1.78. The Labute approximate surface area is 89.0 Å². The van der Waals surface area contributed by atoms with Crippen LogP contribution in [0.4, 0.5) is 5.69 Å². The van der Waals surface area contributed by atoms with Crippen LogP contribution in [0.1, 0.15) is 19.4 Å². The quantitative estimate of drug-likeness (QED) is 0.762. The molecule has 76 valence electrons. The third-order valence-corrected chi connectivity index (χ3v) is 1.78. The van der Waals surface area contributed by atoms with Gasteiger partial charge in [0.15, 0.2) is 5.78 Å². The first-order valence-corrected chi connectivity index (χ1v) is 4.58. The Kier molecular flexibility index (Phi) is 3.64. The maximum atomic E-state index is 10.8. The molecule has 1 aromatic rings. The van der Waals surface area contributed by atoms with Crippen LogP contribution < -0.4 is 5.32 Å². The number of carbonyl (C=O) groups is 1. The van der Waals surface area contributed by atoms with Crippen LogP contribution in [0.2, 0.25) is 0 Å². The van der Waals surface area contributed by atoms with Gasteiger partial charge in [-0.1, -0.05) is 0 Å². The molecule has 0 amide bonds. The third kappa shape index (κ3) is 3.65. The van der Waals surface area contributed by atoms with Gasteiger partial charge in [-0.25, -0.2) is 0 Å². The van der Waals surface area contributed by atoms with E-state index in [9.17, 15) is 4.79 Å². The van der Waals surface area contributed by atoms with Gasteiger partial charge in [0.1, 0.15) is 0 Å². The molecule has 0 atom stereocenters. The number of nitrogens with zero attached hydrogens (tertiary/aromatic N) is 1. The van der Waals surface area contributed by atoms with E-state index in [1.165, 1.54) is 13.0 Å². The molecule has 0 saturated carbocycles. The van der Waals surface area contributed by atoms with Crippen molar-refractivity contribution in [2.45, 2.75) is 13.8 Å². The minimum absolute atomic E-state index is 0.00800. The zero-order valence-electron chi connectivity index (χ0n) is 8.74. The first-order chi connectivity index (χ1) is 7.11. The van der Waals surface area contributed by atoms with Gasteiger partial charge in [0.05, 0.1) is 11.6 Å². The van der Waals surface area contributed by atoms with Crippen molar-refractivity contribution < 1.29 is 4.79 Å². The first-order valence-electron chi connectivity index (χ1n) is 4.58. The van der Waals surface area contributed by atoms with Gasteiger partial charge in [0, 0.05) is 11.4 Å². The predicted octanol–water partition coefficient (Wildman–Crippen LogP) is 2.46. The van der Waals surface area contributed by atoms with Crippen molar-refractivity contribution in [1.29, 1.82) is 5.26 Å². The number of anilines is 1. The van der Waals surface area contributed by atoms with Crippen molar-refractivity contribution in [3.8, 4) is 6.07 Å². The van der Waals surface area contributed by atoms with Gasteiger partial charge in [-0.2, -0.15) is 5.26 Å². The normalized spacial score (nSPS) is 10.6. The van der Waals surface area contributed by atoms with Crippen LogP contribution in [0.3, 0.4) is 0 Å². The minimum atomic E-state index is 0.00800. The van der Waals surface area contributed by atoms with Crippen molar-refractivity contribution in [3.63, 3.8) is 0 Å². The Morgan fingerprint density at radius 3 is 2.40 bits per heavy atom. The van der Waals surface area contributed by atoms with Crippen LogP contribution in [0.15, 0.2) is 36.0 Å². The summed E-state index contributed by atoms with van der Waals surface area (Å²) in [7, 11) is 0. The lowest BCUT2D eigenvalue weighted by Gasteiger charge is -2.05. The Bertz CT molecular complexity index is 424. The molecule has 3 heteroatoms. The van der Waals surface area contributed by atoms with E-state index in [4.69, 9.17) is 5.26 Å². The smallest absolute Gasteiger partial charge is 0.154 e. The molecule has 0 saturated heterocycles. The van der Waals surface area contributed by atoms with Crippen molar-refractivity contribution in [2.75, 3.05) is 5.32 Å². The summed E-state index contributed by atoms with van der Waals surface area (Å²) in [5.74, 6) is 0.00800. The average molecular weight is 200 g/mol. The van der Waals surface area contributed by atoms with Gasteiger partial charge in [0.2, 0.25) is 0 Å². The molecule has 0 aromatic heterocycles. The molecule has 1 N–H and O–H groups in total. The fraction of sp³-hybridized carbons (Fsp3) is 0.167. The molecule has 1 rings (SSSR count). The lowest BCUT2D eigenvalue weighted by molar-refractivity contribution is -0.112. The molecule has 0 aliphatic rings. The number of hydrogen-bond acceptors (Lipinski definition) is 3. The lowest BCUT2D eigenvalue weighted by Crippen LogP contribution is -1.97. The highest BCUT2D eigenvalue weighted by atomic mass is 16.1. The van der Waals surface area contributed by atoms with Crippen molar-refractivity contribution in [2.24, 2.45) is 0 Å². The molecule has 3 nitrogen and oxygen atoms in total. The largest absolute Gasteiger partial charge is 0.359 e. The molecule has 0 fully saturated rings. The van der Waals surface area contributed by atoms with E-state index in [0.29, 0.717) is 5.56 Å². The average Bonchev–Trinajstić information content (AvgIpc) is 2.17. The fourth-order valence-corrected chi connectivity index (χ4v) is 1.20. The summed E-state index contributed by atoms with van der Waals surface area (Å²) in [5.41, 5.74) is 2.27. The van der Waals surface area contributed by atoms with Crippen LogP contribution in [-0.2, 0) is 4.79 Å². The van der Waals surface area contributed by atoms with Gasteiger partial charge < -0.3 is 5.32 Å². The number of ketones is 1. The summed E-state index contributed by atoms with van der Waals surface area (Å²) >= 11 is 0. The van der Waals surface area contributed by atoms with Gasteiger partial charge in [0.25, 0.3) is 0 Å². The highest BCUT2D eigenvalue weighted by Crippen LogP contribution is 2.11. The van der Waals surface area contributed by atoms with Gasteiger partial charge in [-0.05, 0) is 44.2 Å². The second-order valence-corrected chi connectivity index (χ2v) is 3.25. The first kappa shape index (κ1) is 11.0. The number of benzene rings is 1. The number of allylic oxidation sites excluding steroid dienone is 2. The molecular weight excluding hydrogens is 188 g/mol. The molecule has 15 heavy (non-hydrogen) atoms. The van der Waals surface area contributed by atoms with Crippen LogP contribution in [0.25, 0.3) is 0 Å². The second kappa shape index (κ2) is 4.97. The lowest BCUT2D eigenvalue weighted by atomic mass is 10.2. The summed E-state index contributed by atoms with van der Waals surface area (Å²) in [4.78, 5) is 10.8. The Morgan fingerprint density at radius 2 is 1.93 bits per heavy atom. The molecule has 0 unspecified atom stereocenters. The fourth-order valence-electron chi connectivity index (χ4n) is 1.20. The maximum absolute atomic E-state index is 10.8. The maximum Gasteiger partial charge on any atom is 0.154 e. The molecule has 1 aromatic carbocycles. The zero-order valence-corrected chi connectivity index (χ0v) is 8.74. The molecule has 0 aliphatic heterocycles. The summed E-state index contributed by atoms with van der Waals surface area (Å²) < 4.78 is 0. The summed E-state index contributed by atoms with van der Waals surface area (Å²) in [5, 5.41) is 11.7. The van der Waals surface area contributed by atoms with E-state index >= 15 is 0 Å². The number of rotatable bonds is 3. The SMILES string of the molecule is CC(=O)/C=C(/C)Nc1ccc(C#N)cc1. The Balaban J connectivity index is 2.74. The summed E-state index contributed by atoms with van der Waals surface area (Å²) in [6.45, 7) is 3.32. The van der Waals surface area contributed by atoms with Crippen LogP contribution >= 0.6 is 0 Å². The van der Waals surface area contributed by atoms with E-state index in [1.807, 2.05) is 13.0 Å². The Hall–Kier alpha value is -2.08. The van der Waals surface area contributed by atoms with Crippen molar-refractivity contribution in [1.82, 2.24) is 0 Å².